The lowest BCUT2D eigenvalue weighted by Crippen LogP contribution is -1.98. The van der Waals surface area contributed by atoms with Crippen LogP contribution in [0.5, 0.6) is 11.6 Å². The van der Waals surface area contributed by atoms with Gasteiger partial charge in [-0.15, -0.1) is 0 Å². The summed E-state index contributed by atoms with van der Waals surface area (Å²) in [5.41, 5.74) is 1.29. The maximum atomic E-state index is 11.3. The normalized spacial score (nSPS) is 10.7. The molecule has 0 aliphatic heterocycles. The van der Waals surface area contributed by atoms with E-state index in [4.69, 9.17) is 4.74 Å². The first-order valence-electron chi connectivity index (χ1n) is 6.58. The largest absolute Gasteiger partial charge is 0.434 e. The quantitative estimate of drug-likeness (QED) is 0.598. The van der Waals surface area contributed by atoms with Crippen molar-refractivity contribution in [3.8, 4) is 11.6 Å². The summed E-state index contributed by atoms with van der Waals surface area (Å²) in [7, 11) is 1.65. The fourth-order valence-corrected chi connectivity index (χ4v) is 2.56. The van der Waals surface area contributed by atoms with Crippen LogP contribution in [0.4, 0.5) is 5.69 Å². The van der Waals surface area contributed by atoms with E-state index in [2.05, 4.69) is 21.0 Å². The molecule has 2 aromatic rings. The summed E-state index contributed by atoms with van der Waals surface area (Å²) in [6.45, 7) is 3.84. The van der Waals surface area contributed by atoms with Crippen LogP contribution in [-0.2, 0) is 13.5 Å². The second-order valence-electron chi connectivity index (χ2n) is 4.74. The number of halogens is 1. The van der Waals surface area contributed by atoms with Crippen LogP contribution >= 0.6 is 15.9 Å². The maximum Gasteiger partial charge on any atom is 0.353 e. The Bertz CT molecular complexity index is 682. The van der Waals surface area contributed by atoms with Crippen LogP contribution in [0, 0.1) is 17.0 Å². The van der Waals surface area contributed by atoms with Crippen molar-refractivity contribution in [1.82, 2.24) is 9.78 Å². The molecule has 0 radical (unpaired) electrons. The Kier molecular flexibility index (Phi) is 4.62. The molecule has 7 heteroatoms. The van der Waals surface area contributed by atoms with Gasteiger partial charge >= 0.3 is 5.69 Å². The highest BCUT2D eigenvalue weighted by Gasteiger charge is 2.28. The molecule has 0 saturated carbocycles. The van der Waals surface area contributed by atoms with Gasteiger partial charge in [0.1, 0.15) is 11.4 Å². The van der Waals surface area contributed by atoms with Gasteiger partial charge < -0.3 is 4.74 Å². The summed E-state index contributed by atoms with van der Waals surface area (Å²) in [4.78, 5) is 10.9. The molecular weight excluding hydrogens is 338 g/mol. The SMILES string of the molecule is CCCc1nn(C)c(Oc2ccc(Br)cc2C)c1[N+](=O)[O-]. The maximum absolute atomic E-state index is 11.3. The molecule has 21 heavy (non-hydrogen) atoms. The summed E-state index contributed by atoms with van der Waals surface area (Å²) in [6, 6.07) is 5.50. The second kappa shape index (κ2) is 6.26. The molecule has 1 aromatic carbocycles. The zero-order chi connectivity index (χ0) is 15.6. The van der Waals surface area contributed by atoms with Gasteiger partial charge in [0.2, 0.25) is 0 Å². The first-order chi connectivity index (χ1) is 9.93. The zero-order valence-electron chi connectivity index (χ0n) is 12.1. The molecule has 0 aliphatic rings. The summed E-state index contributed by atoms with van der Waals surface area (Å²) in [5.74, 6) is 0.737. The highest BCUT2D eigenvalue weighted by molar-refractivity contribution is 9.10. The summed E-state index contributed by atoms with van der Waals surface area (Å²) >= 11 is 3.38. The van der Waals surface area contributed by atoms with Crippen LogP contribution in [0.15, 0.2) is 22.7 Å². The summed E-state index contributed by atoms with van der Waals surface area (Å²) < 4.78 is 8.10. The topological polar surface area (TPSA) is 70.2 Å². The third kappa shape index (κ3) is 3.24. The Balaban J connectivity index is 2.45. The summed E-state index contributed by atoms with van der Waals surface area (Å²) in [6.07, 6.45) is 1.33. The number of benzene rings is 1. The Morgan fingerprint density at radius 1 is 1.48 bits per heavy atom. The molecule has 0 amide bonds. The van der Waals surface area contributed by atoms with Gasteiger partial charge in [-0.1, -0.05) is 29.3 Å². The lowest BCUT2D eigenvalue weighted by atomic mass is 10.2. The molecule has 1 heterocycles. The third-order valence-corrected chi connectivity index (χ3v) is 3.55. The van der Waals surface area contributed by atoms with E-state index in [0.717, 1.165) is 16.5 Å². The minimum absolute atomic E-state index is 0.0540. The van der Waals surface area contributed by atoms with Crippen LogP contribution in [0.2, 0.25) is 0 Å². The van der Waals surface area contributed by atoms with Crippen molar-refractivity contribution in [2.24, 2.45) is 7.05 Å². The Morgan fingerprint density at radius 3 is 2.76 bits per heavy atom. The Hall–Kier alpha value is -1.89. The van der Waals surface area contributed by atoms with E-state index in [1.165, 1.54) is 4.68 Å². The molecule has 0 atom stereocenters. The zero-order valence-corrected chi connectivity index (χ0v) is 13.7. The number of aryl methyl sites for hydroxylation is 3. The molecule has 0 bridgehead atoms. The fraction of sp³-hybridized carbons (Fsp3) is 0.357. The number of nitro groups is 1. The van der Waals surface area contributed by atoms with E-state index in [-0.39, 0.29) is 11.6 Å². The predicted molar refractivity (Wildman–Crippen MR) is 82.8 cm³/mol. The molecular formula is C14H16BrN3O3. The number of nitrogens with zero attached hydrogens (tertiary/aromatic N) is 3. The van der Waals surface area contributed by atoms with E-state index in [1.807, 2.05) is 26.0 Å². The van der Waals surface area contributed by atoms with Crippen molar-refractivity contribution in [2.45, 2.75) is 26.7 Å². The van der Waals surface area contributed by atoms with E-state index in [0.29, 0.717) is 17.9 Å². The minimum atomic E-state index is -0.429. The van der Waals surface area contributed by atoms with Crippen LogP contribution in [0.25, 0.3) is 0 Å². The van der Waals surface area contributed by atoms with E-state index in [1.54, 1.807) is 13.1 Å². The van der Waals surface area contributed by atoms with Crippen molar-refractivity contribution in [2.75, 3.05) is 0 Å². The minimum Gasteiger partial charge on any atom is -0.434 e. The average Bonchev–Trinajstić information content (AvgIpc) is 2.69. The van der Waals surface area contributed by atoms with Gasteiger partial charge in [0.25, 0.3) is 5.88 Å². The van der Waals surface area contributed by atoms with Crippen molar-refractivity contribution in [1.29, 1.82) is 0 Å². The monoisotopic (exact) mass is 353 g/mol. The lowest BCUT2D eigenvalue weighted by Gasteiger charge is -2.08. The molecule has 0 unspecified atom stereocenters. The number of hydrogen-bond donors (Lipinski definition) is 0. The van der Waals surface area contributed by atoms with Crippen LogP contribution in [0.1, 0.15) is 24.6 Å². The van der Waals surface area contributed by atoms with Gasteiger partial charge in [-0.2, -0.15) is 5.10 Å². The number of ether oxygens (including phenoxy) is 1. The molecule has 1 aromatic heterocycles. The van der Waals surface area contributed by atoms with Gasteiger partial charge in [0.15, 0.2) is 0 Å². The van der Waals surface area contributed by atoms with Gasteiger partial charge in [0.05, 0.1) is 4.92 Å². The molecule has 6 nitrogen and oxygen atoms in total. The number of rotatable bonds is 5. The molecule has 0 fully saturated rings. The number of hydrogen-bond acceptors (Lipinski definition) is 4. The van der Waals surface area contributed by atoms with E-state index >= 15 is 0 Å². The highest BCUT2D eigenvalue weighted by atomic mass is 79.9. The van der Waals surface area contributed by atoms with E-state index < -0.39 is 4.92 Å². The second-order valence-corrected chi connectivity index (χ2v) is 5.66. The van der Waals surface area contributed by atoms with Crippen molar-refractivity contribution in [3.05, 3.63) is 44.0 Å². The third-order valence-electron chi connectivity index (χ3n) is 3.05. The first kappa shape index (κ1) is 15.5. The predicted octanol–water partition coefficient (Wildman–Crippen LogP) is 4.14. The van der Waals surface area contributed by atoms with Crippen LogP contribution in [-0.4, -0.2) is 14.7 Å². The Labute approximate surface area is 131 Å². The standard InChI is InChI=1S/C14H16BrN3O3/c1-4-5-11-13(18(19)20)14(17(3)16-11)21-12-7-6-10(15)8-9(12)2/h6-8H,4-5H2,1-3H3. The average molecular weight is 354 g/mol. The molecule has 0 N–H and O–H groups in total. The van der Waals surface area contributed by atoms with Gasteiger partial charge in [-0.3, -0.25) is 10.1 Å². The fourth-order valence-electron chi connectivity index (χ4n) is 2.09. The smallest absolute Gasteiger partial charge is 0.353 e. The first-order valence-corrected chi connectivity index (χ1v) is 7.37. The van der Waals surface area contributed by atoms with Crippen molar-refractivity contribution in [3.63, 3.8) is 0 Å². The van der Waals surface area contributed by atoms with Gasteiger partial charge in [0, 0.05) is 11.5 Å². The van der Waals surface area contributed by atoms with Crippen molar-refractivity contribution < 1.29 is 9.66 Å². The molecule has 112 valence electrons. The summed E-state index contributed by atoms with van der Waals surface area (Å²) in [5, 5.41) is 15.5. The molecule has 0 spiro atoms. The van der Waals surface area contributed by atoms with Crippen LogP contribution < -0.4 is 4.74 Å². The van der Waals surface area contributed by atoms with Gasteiger partial charge in [-0.25, -0.2) is 4.68 Å². The molecule has 0 saturated heterocycles. The van der Waals surface area contributed by atoms with Crippen LogP contribution in [0.3, 0.4) is 0 Å². The van der Waals surface area contributed by atoms with Gasteiger partial charge in [-0.05, 0) is 37.1 Å². The molecule has 0 aliphatic carbocycles. The van der Waals surface area contributed by atoms with E-state index in [9.17, 15) is 10.1 Å². The Morgan fingerprint density at radius 2 is 2.19 bits per heavy atom. The van der Waals surface area contributed by atoms with Crippen molar-refractivity contribution >= 4 is 21.6 Å². The molecule has 2 rings (SSSR count). The number of aromatic nitrogens is 2. The lowest BCUT2D eigenvalue weighted by molar-refractivity contribution is -0.386. The highest BCUT2D eigenvalue weighted by Crippen LogP contribution is 2.36.